The van der Waals surface area contributed by atoms with E-state index in [1.807, 2.05) is 0 Å². The molecule has 2 unspecified atom stereocenters. The third-order valence-corrected chi connectivity index (χ3v) is 3.44. The molecule has 0 heterocycles. The van der Waals surface area contributed by atoms with E-state index in [9.17, 15) is 9.90 Å². The van der Waals surface area contributed by atoms with Crippen molar-refractivity contribution in [3.8, 4) is 0 Å². The van der Waals surface area contributed by atoms with Crippen molar-refractivity contribution in [1.82, 2.24) is 5.32 Å². The number of allylic oxidation sites excluding steroid dienone is 2. The van der Waals surface area contributed by atoms with Crippen molar-refractivity contribution in [3.63, 3.8) is 0 Å². The van der Waals surface area contributed by atoms with Crippen LogP contribution in [0.25, 0.3) is 0 Å². The van der Waals surface area contributed by atoms with Crippen LogP contribution >= 0.6 is 0 Å². The molecule has 0 radical (unpaired) electrons. The van der Waals surface area contributed by atoms with Gasteiger partial charge in [-0.3, -0.25) is 4.79 Å². The van der Waals surface area contributed by atoms with Gasteiger partial charge in [0.2, 0.25) is 0 Å². The van der Waals surface area contributed by atoms with E-state index in [1.54, 1.807) is 14.0 Å². The first-order valence-corrected chi connectivity index (χ1v) is 6.21. The van der Waals surface area contributed by atoms with Gasteiger partial charge in [-0.1, -0.05) is 12.2 Å². The minimum atomic E-state index is -0.878. The molecule has 4 heteroatoms. The minimum absolute atomic E-state index is 0.459. The van der Waals surface area contributed by atoms with Crippen LogP contribution in [0, 0.1) is 5.92 Å². The van der Waals surface area contributed by atoms with Gasteiger partial charge in [0.25, 0.3) is 0 Å². The monoisotopic (exact) mass is 241 g/mol. The topological polar surface area (TPSA) is 58.6 Å². The Morgan fingerprint density at radius 2 is 2.35 bits per heavy atom. The van der Waals surface area contributed by atoms with Crippen molar-refractivity contribution >= 4 is 5.97 Å². The van der Waals surface area contributed by atoms with Gasteiger partial charge < -0.3 is 15.2 Å². The largest absolute Gasteiger partial charge is 0.480 e. The standard InChI is InChI=1S/C13H23NO3/c1-13(12(15)16,8-9-17-2)14-10-11-6-4-3-5-7-11/h3-4,11,14H,5-10H2,1-2H3,(H,15,16). The summed E-state index contributed by atoms with van der Waals surface area (Å²) in [7, 11) is 1.59. The summed E-state index contributed by atoms with van der Waals surface area (Å²) in [6.07, 6.45) is 8.16. The number of hydrogen-bond acceptors (Lipinski definition) is 3. The molecule has 0 spiro atoms. The van der Waals surface area contributed by atoms with E-state index in [1.165, 1.54) is 0 Å². The van der Waals surface area contributed by atoms with Gasteiger partial charge in [0.05, 0.1) is 0 Å². The van der Waals surface area contributed by atoms with Crippen molar-refractivity contribution < 1.29 is 14.6 Å². The maximum absolute atomic E-state index is 11.3. The van der Waals surface area contributed by atoms with Crippen molar-refractivity contribution in [2.75, 3.05) is 20.3 Å². The van der Waals surface area contributed by atoms with Crippen LogP contribution in [0.1, 0.15) is 32.6 Å². The van der Waals surface area contributed by atoms with Gasteiger partial charge in [-0.25, -0.2) is 0 Å². The molecule has 1 aliphatic carbocycles. The minimum Gasteiger partial charge on any atom is -0.480 e. The number of nitrogens with one attached hydrogen (secondary N) is 1. The SMILES string of the molecule is COCCC(C)(NCC1CC=CCC1)C(=O)O. The first-order valence-electron chi connectivity index (χ1n) is 6.21. The highest BCUT2D eigenvalue weighted by Gasteiger charge is 2.32. The third-order valence-electron chi connectivity index (χ3n) is 3.44. The Hall–Kier alpha value is -0.870. The van der Waals surface area contributed by atoms with Gasteiger partial charge in [-0.05, 0) is 45.1 Å². The Bertz CT molecular complexity index is 278. The average molecular weight is 241 g/mol. The van der Waals surface area contributed by atoms with E-state index in [2.05, 4.69) is 17.5 Å². The number of carboxylic acids is 1. The summed E-state index contributed by atoms with van der Waals surface area (Å²) < 4.78 is 4.96. The second-order valence-corrected chi connectivity index (χ2v) is 4.91. The quantitative estimate of drug-likeness (QED) is 0.667. The Balaban J connectivity index is 2.43. The lowest BCUT2D eigenvalue weighted by Gasteiger charge is -2.29. The Morgan fingerprint density at radius 1 is 1.59 bits per heavy atom. The number of ether oxygens (including phenoxy) is 1. The fourth-order valence-electron chi connectivity index (χ4n) is 1.99. The molecule has 0 bridgehead atoms. The summed E-state index contributed by atoms with van der Waals surface area (Å²) in [5, 5.41) is 12.4. The lowest BCUT2D eigenvalue weighted by atomic mass is 9.92. The van der Waals surface area contributed by atoms with E-state index < -0.39 is 11.5 Å². The first-order chi connectivity index (χ1) is 8.08. The van der Waals surface area contributed by atoms with Crippen molar-refractivity contribution in [3.05, 3.63) is 12.2 Å². The lowest BCUT2D eigenvalue weighted by molar-refractivity contribution is -0.145. The zero-order valence-corrected chi connectivity index (χ0v) is 10.7. The first kappa shape index (κ1) is 14.2. The molecule has 17 heavy (non-hydrogen) atoms. The molecule has 2 N–H and O–H groups in total. The number of methoxy groups -OCH3 is 1. The zero-order chi connectivity index (χ0) is 12.7. The molecule has 0 aromatic rings. The summed E-state index contributed by atoms with van der Waals surface area (Å²) in [6.45, 7) is 2.95. The van der Waals surface area contributed by atoms with Crippen LogP contribution in [0.4, 0.5) is 0 Å². The molecule has 1 aliphatic rings. The summed E-state index contributed by atoms with van der Waals surface area (Å²) in [4.78, 5) is 11.3. The normalized spacial score (nSPS) is 23.3. The fraction of sp³-hybridized carbons (Fsp3) is 0.769. The number of carboxylic acid groups (broad SMARTS) is 1. The van der Waals surface area contributed by atoms with Crippen LogP contribution in [-0.2, 0) is 9.53 Å². The molecule has 0 fully saturated rings. The molecule has 4 nitrogen and oxygen atoms in total. The molecule has 98 valence electrons. The Labute approximate surface area is 103 Å². The number of aliphatic carboxylic acids is 1. The number of hydrogen-bond donors (Lipinski definition) is 2. The van der Waals surface area contributed by atoms with Crippen LogP contribution in [0.15, 0.2) is 12.2 Å². The predicted octanol–water partition coefficient (Wildman–Crippen LogP) is 1.81. The molecule has 0 aliphatic heterocycles. The molecule has 1 rings (SSSR count). The summed E-state index contributed by atoms with van der Waals surface area (Å²) in [5.41, 5.74) is -0.878. The Morgan fingerprint density at radius 3 is 2.88 bits per heavy atom. The van der Waals surface area contributed by atoms with Gasteiger partial charge in [0.15, 0.2) is 0 Å². The molecule has 0 saturated heterocycles. The molecule has 0 aromatic carbocycles. The second-order valence-electron chi connectivity index (χ2n) is 4.91. The lowest BCUT2D eigenvalue weighted by Crippen LogP contribution is -2.51. The molecule has 2 atom stereocenters. The van der Waals surface area contributed by atoms with Gasteiger partial charge >= 0.3 is 5.97 Å². The van der Waals surface area contributed by atoms with E-state index in [4.69, 9.17) is 4.74 Å². The van der Waals surface area contributed by atoms with Gasteiger partial charge in [-0.2, -0.15) is 0 Å². The van der Waals surface area contributed by atoms with E-state index in [0.29, 0.717) is 18.9 Å². The van der Waals surface area contributed by atoms with Gasteiger partial charge in [-0.15, -0.1) is 0 Å². The van der Waals surface area contributed by atoms with Gasteiger partial charge in [0, 0.05) is 13.7 Å². The smallest absolute Gasteiger partial charge is 0.323 e. The second kappa shape index (κ2) is 6.77. The summed E-state index contributed by atoms with van der Waals surface area (Å²) in [5.74, 6) is -0.248. The highest BCUT2D eigenvalue weighted by Crippen LogP contribution is 2.19. The fourth-order valence-corrected chi connectivity index (χ4v) is 1.99. The zero-order valence-electron chi connectivity index (χ0n) is 10.7. The number of carbonyl (C=O) groups is 1. The average Bonchev–Trinajstić information content (AvgIpc) is 2.35. The molecular formula is C13H23NO3. The summed E-state index contributed by atoms with van der Waals surface area (Å²) >= 11 is 0. The molecule has 0 saturated carbocycles. The maximum Gasteiger partial charge on any atom is 0.323 e. The van der Waals surface area contributed by atoms with E-state index in [0.717, 1.165) is 25.8 Å². The highest BCUT2D eigenvalue weighted by molar-refractivity contribution is 5.78. The van der Waals surface area contributed by atoms with Crippen LogP contribution < -0.4 is 5.32 Å². The van der Waals surface area contributed by atoms with Crippen molar-refractivity contribution in [1.29, 1.82) is 0 Å². The van der Waals surface area contributed by atoms with Gasteiger partial charge in [0.1, 0.15) is 5.54 Å². The molecule has 0 aromatic heterocycles. The third kappa shape index (κ3) is 4.48. The van der Waals surface area contributed by atoms with E-state index >= 15 is 0 Å². The van der Waals surface area contributed by atoms with E-state index in [-0.39, 0.29) is 0 Å². The maximum atomic E-state index is 11.3. The van der Waals surface area contributed by atoms with Crippen LogP contribution in [0.5, 0.6) is 0 Å². The molecule has 0 amide bonds. The van der Waals surface area contributed by atoms with Crippen molar-refractivity contribution in [2.45, 2.75) is 38.1 Å². The van der Waals surface area contributed by atoms with Crippen molar-refractivity contribution in [2.24, 2.45) is 5.92 Å². The van der Waals surface area contributed by atoms with Crippen LogP contribution in [-0.4, -0.2) is 36.9 Å². The Kier molecular flexibility index (Phi) is 5.65. The summed E-state index contributed by atoms with van der Waals surface area (Å²) in [6, 6.07) is 0. The van der Waals surface area contributed by atoms with Crippen LogP contribution in [0.3, 0.4) is 0 Å². The predicted molar refractivity (Wildman–Crippen MR) is 67.0 cm³/mol. The molecular weight excluding hydrogens is 218 g/mol. The highest BCUT2D eigenvalue weighted by atomic mass is 16.5. The van der Waals surface area contributed by atoms with Crippen LogP contribution in [0.2, 0.25) is 0 Å². The number of rotatable bonds is 7.